The molecule has 0 radical (unpaired) electrons. The van der Waals surface area contributed by atoms with Gasteiger partial charge in [-0.05, 0) is 13.0 Å². The van der Waals surface area contributed by atoms with Gasteiger partial charge in [0, 0.05) is 17.7 Å². The standard InChI is InChI=1S/C21H22N4O4/c1-13-5-7-14(8-6-13)17-11-18(24-23-17)21(26)25-22-12-16-19(28-3)9-15(27-2)10-20(16)29-4/h5-12H,1-4H3,(H,23,24)(H,25,26). The van der Waals surface area contributed by atoms with E-state index in [1.807, 2.05) is 31.2 Å². The predicted molar refractivity (Wildman–Crippen MR) is 110 cm³/mol. The molecule has 0 spiro atoms. The van der Waals surface area contributed by atoms with Crippen LogP contribution in [0.5, 0.6) is 17.2 Å². The van der Waals surface area contributed by atoms with Crippen molar-refractivity contribution in [2.45, 2.75) is 6.92 Å². The van der Waals surface area contributed by atoms with Crippen molar-refractivity contribution in [1.82, 2.24) is 15.6 Å². The zero-order chi connectivity index (χ0) is 20.8. The SMILES string of the molecule is COc1cc(OC)c(C=NNC(=O)c2cc(-c3ccc(C)cc3)n[nH]2)c(OC)c1. The first kappa shape index (κ1) is 19.9. The quantitative estimate of drug-likeness (QED) is 0.474. The molecular formula is C21H22N4O4. The van der Waals surface area contributed by atoms with E-state index < -0.39 is 5.91 Å². The fourth-order valence-electron chi connectivity index (χ4n) is 2.69. The first-order chi connectivity index (χ1) is 14.0. The molecular weight excluding hydrogens is 372 g/mol. The number of methoxy groups -OCH3 is 3. The number of H-pyrrole nitrogens is 1. The van der Waals surface area contributed by atoms with E-state index in [0.717, 1.165) is 11.1 Å². The molecule has 2 N–H and O–H groups in total. The van der Waals surface area contributed by atoms with E-state index in [0.29, 0.717) is 34.2 Å². The Morgan fingerprint density at radius 1 is 1.03 bits per heavy atom. The van der Waals surface area contributed by atoms with E-state index in [1.54, 1.807) is 25.3 Å². The molecule has 8 heteroatoms. The van der Waals surface area contributed by atoms with Crippen LogP contribution in [0.25, 0.3) is 11.3 Å². The molecule has 0 saturated carbocycles. The molecule has 29 heavy (non-hydrogen) atoms. The molecule has 1 heterocycles. The van der Waals surface area contributed by atoms with Crippen molar-refractivity contribution in [3.8, 4) is 28.5 Å². The van der Waals surface area contributed by atoms with Gasteiger partial charge in [0.15, 0.2) is 0 Å². The number of hydrazone groups is 1. The van der Waals surface area contributed by atoms with Gasteiger partial charge in [0.25, 0.3) is 5.91 Å². The Balaban J connectivity index is 1.74. The zero-order valence-electron chi connectivity index (χ0n) is 16.6. The third kappa shape index (κ3) is 4.55. The summed E-state index contributed by atoms with van der Waals surface area (Å²) in [6.45, 7) is 2.01. The molecule has 8 nitrogen and oxygen atoms in total. The van der Waals surface area contributed by atoms with Gasteiger partial charge in [-0.25, -0.2) is 5.43 Å². The highest BCUT2D eigenvalue weighted by Gasteiger charge is 2.13. The molecule has 3 aromatic rings. The van der Waals surface area contributed by atoms with Crippen molar-refractivity contribution < 1.29 is 19.0 Å². The van der Waals surface area contributed by atoms with Crippen LogP contribution in [0.4, 0.5) is 0 Å². The summed E-state index contributed by atoms with van der Waals surface area (Å²) >= 11 is 0. The Bertz CT molecular complexity index is 1000. The molecule has 0 bridgehead atoms. The van der Waals surface area contributed by atoms with Gasteiger partial charge in [-0.1, -0.05) is 29.8 Å². The molecule has 1 amide bonds. The number of aryl methyl sites for hydroxylation is 1. The van der Waals surface area contributed by atoms with Gasteiger partial charge >= 0.3 is 0 Å². The van der Waals surface area contributed by atoms with Crippen molar-refractivity contribution in [3.63, 3.8) is 0 Å². The summed E-state index contributed by atoms with van der Waals surface area (Å²) in [5.74, 6) is 1.17. The predicted octanol–water partition coefficient (Wildman–Crippen LogP) is 3.17. The summed E-state index contributed by atoms with van der Waals surface area (Å²) in [5.41, 5.74) is 6.09. The smallest absolute Gasteiger partial charge is 0.289 e. The van der Waals surface area contributed by atoms with Crippen LogP contribution in [0.3, 0.4) is 0 Å². The van der Waals surface area contributed by atoms with Crippen LogP contribution in [0.2, 0.25) is 0 Å². The molecule has 0 aliphatic carbocycles. The topological polar surface area (TPSA) is 97.8 Å². The first-order valence-electron chi connectivity index (χ1n) is 8.81. The van der Waals surface area contributed by atoms with Gasteiger partial charge in [-0.3, -0.25) is 9.89 Å². The second kappa shape index (κ2) is 8.92. The highest BCUT2D eigenvalue weighted by atomic mass is 16.5. The van der Waals surface area contributed by atoms with Crippen LogP contribution in [0, 0.1) is 6.92 Å². The van der Waals surface area contributed by atoms with Crippen molar-refractivity contribution >= 4 is 12.1 Å². The van der Waals surface area contributed by atoms with Crippen LogP contribution < -0.4 is 19.6 Å². The maximum atomic E-state index is 12.4. The molecule has 0 fully saturated rings. The minimum absolute atomic E-state index is 0.298. The van der Waals surface area contributed by atoms with Crippen LogP contribution in [0.1, 0.15) is 21.6 Å². The van der Waals surface area contributed by atoms with Crippen molar-refractivity contribution in [2.24, 2.45) is 5.10 Å². The fraction of sp³-hybridized carbons (Fsp3) is 0.190. The highest BCUT2D eigenvalue weighted by molar-refractivity contribution is 5.95. The molecule has 0 aliphatic heterocycles. The van der Waals surface area contributed by atoms with E-state index in [1.165, 1.54) is 20.4 Å². The Morgan fingerprint density at radius 3 is 2.28 bits per heavy atom. The number of amides is 1. The number of benzene rings is 2. The average molecular weight is 394 g/mol. The third-order valence-electron chi connectivity index (χ3n) is 4.28. The lowest BCUT2D eigenvalue weighted by atomic mass is 10.1. The van der Waals surface area contributed by atoms with Crippen molar-refractivity contribution in [3.05, 3.63) is 59.3 Å². The van der Waals surface area contributed by atoms with Gasteiger partial charge in [0.2, 0.25) is 0 Å². The second-order valence-corrected chi connectivity index (χ2v) is 6.18. The number of hydrogen-bond acceptors (Lipinski definition) is 6. The number of hydrogen-bond donors (Lipinski definition) is 2. The van der Waals surface area contributed by atoms with Crippen LogP contribution in [-0.4, -0.2) is 43.6 Å². The van der Waals surface area contributed by atoms with Crippen LogP contribution in [0.15, 0.2) is 47.6 Å². The molecule has 0 atom stereocenters. The average Bonchev–Trinajstić information content (AvgIpc) is 3.24. The summed E-state index contributed by atoms with van der Waals surface area (Å²) in [7, 11) is 4.61. The maximum absolute atomic E-state index is 12.4. The minimum Gasteiger partial charge on any atom is -0.496 e. The lowest BCUT2D eigenvalue weighted by Gasteiger charge is -2.12. The molecule has 0 saturated heterocycles. The second-order valence-electron chi connectivity index (χ2n) is 6.18. The number of ether oxygens (including phenoxy) is 3. The third-order valence-corrected chi connectivity index (χ3v) is 4.28. The number of aromatic amines is 1. The summed E-state index contributed by atoms with van der Waals surface area (Å²) in [6, 6.07) is 13.0. The van der Waals surface area contributed by atoms with Crippen LogP contribution in [-0.2, 0) is 0 Å². The molecule has 3 rings (SSSR count). The molecule has 150 valence electrons. The number of nitrogens with zero attached hydrogens (tertiary/aromatic N) is 2. The van der Waals surface area contributed by atoms with E-state index in [4.69, 9.17) is 14.2 Å². The molecule has 1 aromatic heterocycles. The number of carbonyl (C=O) groups is 1. The highest BCUT2D eigenvalue weighted by Crippen LogP contribution is 2.32. The number of nitrogens with one attached hydrogen (secondary N) is 2. The normalized spacial score (nSPS) is 10.8. The first-order valence-corrected chi connectivity index (χ1v) is 8.81. The summed E-state index contributed by atoms with van der Waals surface area (Å²) in [6.07, 6.45) is 1.45. The minimum atomic E-state index is -0.418. The lowest BCUT2D eigenvalue weighted by molar-refractivity contribution is 0.0950. The van der Waals surface area contributed by atoms with Gasteiger partial charge in [-0.2, -0.15) is 10.2 Å². The summed E-state index contributed by atoms with van der Waals surface area (Å²) < 4.78 is 15.9. The van der Waals surface area contributed by atoms with Gasteiger partial charge in [0.05, 0.1) is 38.8 Å². The molecule has 0 aliphatic rings. The van der Waals surface area contributed by atoms with E-state index >= 15 is 0 Å². The summed E-state index contributed by atoms with van der Waals surface area (Å²) in [4.78, 5) is 12.4. The van der Waals surface area contributed by atoms with E-state index in [-0.39, 0.29) is 0 Å². The number of carbonyl (C=O) groups excluding carboxylic acids is 1. The maximum Gasteiger partial charge on any atom is 0.289 e. The molecule has 2 aromatic carbocycles. The van der Waals surface area contributed by atoms with E-state index in [2.05, 4.69) is 20.7 Å². The number of aromatic nitrogens is 2. The zero-order valence-corrected chi connectivity index (χ0v) is 16.6. The number of rotatable bonds is 7. The fourth-order valence-corrected chi connectivity index (χ4v) is 2.69. The molecule has 0 unspecified atom stereocenters. The Hall–Kier alpha value is -3.81. The van der Waals surface area contributed by atoms with Crippen molar-refractivity contribution in [2.75, 3.05) is 21.3 Å². The Kier molecular flexibility index (Phi) is 6.13. The monoisotopic (exact) mass is 394 g/mol. The Morgan fingerprint density at radius 2 is 1.69 bits per heavy atom. The Labute approximate surface area is 168 Å². The summed E-state index contributed by atoms with van der Waals surface area (Å²) in [5, 5.41) is 10.9. The largest absolute Gasteiger partial charge is 0.496 e. The van der Waals surface area contributed by atoms with Crippen molar-refractivity contribution in [1.29, 1.82) is 0 Å². The lowest BCUT2D eigenvalue weighted by Crippen LogP contribution is -2.18. The van der Waals surface area contributed by atoms with Gasteiger partial charge < -0.3 is 14.2 Å². The van der Waals surface area contributed by atoms with Gasteiger partial charge in [0.1, 0.15) is 22.9 Å². The van der Waals surface area contributed by atoms with E-state index in [9.17, 15) is 4.79 Å². The van der Waals surface area contributed by atoms with Gasteiger partial charge in [-0.15, -0.1) is 0 Å². The van der Waals surface area contributed by atoms with Crippen LogP contribution >= 0.6 is 0 Å².